The number of hydrogen-bond acceptors (Lipinski definition) is 2. The summed E-state index contributed by atoms with van der Waals surface area (Å²) in [5, 5.41) is 4.21. The van der Waals surface area contributed by atoms with Crippen molar-refractivity contribution in [2.45, 2.75) is 25.8 Å². The summed E-state index contributed by atoms with van der Waals surface area (Å²) >= 11 is 5.93. The van der Waals surface area contributed by atoms with E-state index in [4.69, 9.17) is 17.3 Å². The third-order valence-corrected chi connectivity index (χ3v) is 3.64. The number of carbonyl (C=O) groups excluding carboxylic acids is 1. The van der Waals surface area contributed by atoms with Crippen molar-refractivity contribution in [1.29, 1.82) is 0 Å². The van der Waals surface area contributed by atoms with Gasteiger partial charge in [-0.15, -0.1) is 0 Å². The quantitative estimate of drug-likeness (QED) is 0.849. The molecular formula is C17H19ClN2O. The molecule has 1 unspecified atom stereocenters. The largest absolute Gasteiger partial charge is 0.378 e. The summed E-state index contributed by atoms with van der Waals surface area (Å²) in [7, 11) is 0. The second kappa shape index (κ2) is 7.14. The first-order chi connectivity index (χ1) is 10.1. The summed E-state index contributed by atoms with van der Waals surface area (Å²) in [6.07, 6.45) is 1.16. The third kappa shape index (κ3) is 4.23. The predicted octanol–water partition coefficient (Wildman–Crippen LogP) is 3.93. The Balaban J connectivity index is 2.22. The number of rotatable bonds is 6. The van der Waals surface area contributed by atoms with Crippen molar-refractivity contribution in [3.05, 3.63) is 64.7 Å². The normalized spacial score (nSPS) is 11.9. The molecule has 0 fully saturated rings. The molecule has 0 saturated heterocycles. The average molecular weight is 303 g/mol. The van der Waals surface area contributed by atoms with Gasteiger partial charge in [-0.3, -0.25) is 4.79 Å². The van der Waals surface area contributed by atoms with Crippen molar-refractivity contribution in [2.75, 3.05) is 5.32 Å². The molecule has 2 aromatic rings. The fourth-order valence-corrected chi connectivity index (χ4v) is 2.43. The van der Waals surface area contributed by atoms with Gasteiger partial charge in [0.15, 0.2) is 0 Å². The van der Waals surface area contributed by atoms with E-state index in [1.165, 1.54) is 0 Å². The molecular weight excluding hydrogens is 284 g/mol. The van der Waals surface area contributed by atoms with Gasteiger partial charge in [-0.25, -0.2) is 0 Å². The number of anilines is 1. The highest BCUT2D eigenvalue weighted by Gasteiger charge is 2.12. The van der Waals surface area contributed by atoms with Crippen LogP contribution < -0.4 is 11.1 Å². The van der Waals surface area contributed by atoms with Crippen LogP contribution in [0.4, 0.5) is 5.69 Å². The third-order valence-electron chi connectivity index (χ3n) is 3.39. The van der Waals surface area contributed by atoms with Crippen molar-refractivity contribution < 1.29 is 4.79 Å². The lowest BCUT2D eigenvalue weighted by molar-refractivity contribution is -0.117. The van der Waals surface area contributed by atoms with Crippen molar-refractivity contribution in [2.24, 2.45) is 5.73 Å². The molecule has 3 nitrogen and oxygen atoms in total. The smallest absolute Gasteiger partial charge is 0.221 e. The van der Waals surface area contributed by atoms with Gasteiger partial charge in [-0.1, -0.05) is 48.9 Å². The summed E-state index contributed by atoms with van der Waals surface area (Å²) < 4.78 is 0. The maximum absolute atomic E-state index is 11.2. The zero-order valence-corrected chi connectivity index (χ0v) is 12.7. The van der Waals surface area contributed by atoms with E-state index in [2.05, 4.69) is 12.2 Å². The lowest BCUT2D eigenvalue weighted by Gasteiger charge is -2.21. The summed E-state index contributed by atoms with van der Waals surface area (Å²) in [4.78, 5) is 11.2. The average Bonchev–Trinajstić information content (AvgIpc) is 2.47. The van der Waals surface area contributed by atoms with Crippen LogP contribution >= 0.6 is 11.6 Å². The van der Waals surface area contributed by atoms with Crippen molar-refractivity contribution in [1.82, 2.24) is 0 Å². The predicted molar refractivity (Wildman–Crippen MR) is 87.4 cm³/mol. The van der Waals surface area contributed by atoms with Crippen LogP contribution in [0, 0.1) is 0 Å². The number of benzene rings is 2. The van der Waals surface area contributed by atoms with Crippen LogP contribution in [0.5, 0.6) is 0 Å². The van der Waals surface area contributed by atoms with E-state index < -0.39 is 0 Å². The van der Waals surface area contributed by atoms with Crippen LogP contribution in [-0.4, -0.2) is 5.91 Å². The zero-order valence-electron chi connectivity index (χ0n) is 12.0. The Bertz CT molecular complexity index is 610. The molecule has 21 heavy (non-hydrogen) atoms. The Labute approximate surface area is 130 Å². The molecule has 4 heteroatoms. The van der Waals surface area contributed by atoms with Crippen LogP contribution in [0.3, 0.4) is 0 Å². The fraction of sp³-hybridized carbons (Fsp3) is 0.235. The number of para-hydroxylation sites is 1. The van der Waals surface area contributed by atoms with Gasteiger partial charge in [0.1, 0.15) is 0 Å². The minimum absolute atomic E-state index is 0.163. The van der Waals surface area contributed by atoms with Gasteiger partial charge >= 0.3 is 0 Å². The zero-order chi connectivity index (χ0) is 15.2. The molecule has 0 saturated carbocycles. The van der Waals surface area contributed by atoms with Gasteiger partial charge in [0.25, 0.3) is 0 Å². The van der Waals surface area contributed by atoms with E-state index in [1.807, 2.05) is 48.5 Å². The molecule has 0 radical (unpaired) electrons. The summed E-state index contributed by atoms with van der Waals surface area (Å²) in [5.74, 6) is -0.330. The van der Waals surface area contributed by atoms with Crippen LogP contribution in [0.15, 0.2) is 48.5 Å². The maximum atomic E-state index is 11.2. The van der Waals surface area contributed by atoms with Gasteiger partial charge in [0, 0.05) is 10.7 Å². The summed E-state index contributed by atoms with van der Waals surface area (Å²) in [5.41, 5.74) is 8.32. The number of halogens is 1. The Morgan fingerprint density at radius 3 is 2.48 bits per heavy atom. The SMILES string of the molecule is CCC(Nc1ccccc1CC(N)=O)c1ccc(Cl)cc1. The maximum Gasteiger partial charge on any atom is 0.221 e. The Morgan fingerprint density at radius 2 is 1.86 bits per heavy atom. The number of primary amides is 1. The number of carbonyl (C=O) groups is 1. The minimum Gasteiger partial charge on any atom is -0.378 e. The fourth-order valence-electron chi connectivity index (χ4n) is 2.31. The van der Waals surface area contributed by atoms with Crippen molar-refractivity contribution in [3.8, 4) is 0 Å². The highest BCUT2D eigenvalue weighted by Crippen LogP contribution is 2.26. The number of hydrogen-bond donors (Lipinski definition) is 2. The second-order valence-corrected chi connectivity index (χ2v) is 5.39. The molecule has 0 heterocycles. The first-order valence-electron chi connectivity index (χ1n) is 6.98. The van der Waals surface area contributed by atoms with E-state index in [-0.39, 0.29) is 18.4 Å². The van der Waals surface area contributed by atoms with Gasteiger partial charge < -0.3 is 11.1 Å². The van der Waals surface area contributed by atoms with Crippen molar-refractivity contribution >= 4 is 23.2 Å². The molecule has 2 aromatic carbocycles. The molecule has 110 valence electrons. The van der Waals surface area contributed by atoms with E-state index >= 15 is 0 Å². The molecule has 0 aliphatic carbocycles. The minimum atomic E-state index is -0.330. The number of amides is 1. The summed E-state index contributed by atoms with van der Waals surface area (Å²) in [6, 6.07) is 15.7. The molecule has 0 aromatic heterocycles. The molecule has 0 aliphatic rings. The first kappa shape index (κ1) is 15.4. The molecule has 1 atom stereocenters. The van der Waals surface area contributed by atoms with E-state index in [1.54, 1.807) is 0 Å². The van der Waals surface area contributed by atoms with Crippen LogP contribution in [0.1, 0.15) is 30.5 Å². The number of nitrogens with two attached hydrogens (primary N) is 1. The second-order valence-electron chi connectivity index (χ2n) is 4.96. The number of nitrogens with one attached hydrogen (secondary N) is 1. The van der Waals surface area contributed by atoms with Crippen LogP contribution in [0.2, 0.25) is 5.02 Å². The van der Waals surface area contributed by atoms with E-state index in [0.29, 0.717) is 0 Å². The standard InChI is InChI=1S/C17H19ClN2O/c1-2-15(12-7-9-14(18)10-8-12)20-16-6-4-3-5-13(16)11-17(19)21/h3-10,15,20H,2,11H2,1H3,(H2,19,21). The van der Waals surface area contributed by atoms with Gasteiger partial charge in [0.05, 0.1) is 12.5 Å². The molecule has 1 amide bonds. The highest BCUT2D eigenvalue weighted by molar-refractivity contribution is 6.30. The van der Waals surface area contributed by atoms with Crippen LogP contribution in [0.25, 0.3) is 0 Å². The molecule has 0 spiro atoms. The lowest BCUT2D eigenvalue weighted by atomic mass is 10.0. The first-order valence-corrected chi connectivity index (χ1v) is 7.36. The highest BCUT2D eigenvalue weighted by atomic mass is 35.5. The molecule has 3 N–H and O–H groups in total. The van der Waals surface area contributed by atoms with Crippen molar-refractivity contribution in [3.63, 3.8) is 0 Å². The topological polar surface area (TPSA) is 55.1 Å². The monoisotopic (exact) mass is 302 g/mol. The Hall–Kier alpha value is -2.00. The lowest BCUT2D eigenvalue weighted by Crippen LogP contribution is -2.16. The summed E-state index contributed by atoms with van der Waals surface area (Å²) in [6.45, 7) is 2.11. The Kier molecular flexibility index (Phi) is 5.23. The van der Waals surface area contributed by atoms with E-state index in [0.717, 1.165) is 28.3 Å². The van der Waals surface area contributed by atoms with Crippen LogP contribution in [-0.2, 0) is 11.2 Å². The molecule has 2 rings (SSSR count). The van der Waals surface area contributed by atoms with Gasteiger partial charge in [0.2, 0.25) is 5.91 Å². The molecule has 0 bridgehead atoms. The molecule has 0 aliphatic heterocycles. The van der Waals surface area contributed by atoms with Gasteiger partial charge in [-0.05, 0) is 35.7 Å². The van der Waals surface area contributed by atoms with E-state index in [9.17, 15) is 4.79 Å². The Morgan fingerprint density at radius 1 is 1.19 bits per heavy atom. The van der Waals surface area contributed by atoms with Gasteiger partial charge in [-0.2, -0.15) is 0 Å².